The highest BCUT2D eigenvalue weighted by atomic mass is 19.1. The number of aliphatic hydroxyl groups excluding tert-OH is 1. The number of benzene rings is 2. The Hall–Kier alpha value is -2.62. The van der Waals surface area contributed by atoms with Crippen LogP contribution in [-0.2, 0) is 5.41 Å². The summed E-state index contributed by atoms with van der Waals surface area (Å²) >= 11 is 0. The quantitative estimate of drug-likeness (QED) is 0.604. The van der Waals surface area contributed by atoms with E-state index in [9.17, 15) is 14.8 Å². The van der Waals surface area contributed by atoms with Gasteiger partial charge in [0, 0.05) is 0 Å². The smallest absolute Gasteiger partial charge is 0.161 e. The van der Waals surface area contributed by atoms with Gasteiger partial charge in [0.1, 0.15) is 5.82 Å². The number of hydrogen-bond acceptors (Lipinski definition) is 5. The molecule has 6 heteroatoms. The summed E-state index contributed by atoms with van der Waals surface area (Å²) in [7, 11) is 3.20. The topological polar surface area (TPSA) is 65.7 Å². The minimum atomic E-state index is -0.601. The van der Waals surface area contributed by atoms with E-state index in [-0.39, 0.29) is 11.7 Å². The summed E-state index contributed by atoms with van der Waals surface area (Å²) in [6, 6.07) is 14.3. The maximum Gasteiger partial charge on any atom is 0.161 e. The minimum Gasteiger partial charge on any atom is -0.493 e. The van der Waals surface area contributed by atoms with Crippen molar-refractivity contribution in [2.45, 2.75) is 44.1 Å². The number of nitrogens with zero attached hydrogens (tertiary/aromatic N) is 2. The van der Waals surface area contributed by atoms with Crippen molar-refractivity contribution < 1.29 is 19.0 Å². The maximum atomic E-state index is 13.1. The van der Waals surface area contributed by atoms with Gasteiger partial charge in [-0.3, -0.25) is 0 Å². The van der Waals surface area contributed by atoms with Gasteiger partial charge in [0.2, 0.25) is 0 Å². The number of halogens is 1. The van der Waals surface area contributed by atoms with Crippen molar-refractivity contribution in [3.8, 4) is 17.6 Å². The molecule has 32 heavy (non-hydrogen) atoms. The first-order chi connectivity index (χ1) is 15.4. The Morgan fingerprint density at radius 1 is 1.12 bits per heavy atom. The Morgan fingerprint density at radius 3 is 2.38 bits per heavy atom. The molecule has 1 aliphatic heterocycles. The molecule has 1 saturated heterocycles. The fourth-order valence-corrected chi connectivity index (χ4v) is 4.52. The Balaban J connectivity index is 1.51. The first kappa shape index (κ1) is 24.0. The number of aliphatic hydroxyl groups is 1. The van der Waals surface area contributed by atoms with Crippen LogP contribution in [0.25, 0.3) is 0 Å². The number of ether oxygens (including phenoxy) is 2. The molecular weight excluding hydrogens is 407 g/mol. The van der Waals surface area contributed by atoms with Crippen LogP contribution in [0.2, 0.25) is 0 Å². The van der Waals surface area contributed by atoms with Crippen molar-refractivity contribution in [2.75, 3.05) is 33.9 Å². The molecule has 2 aromatic rings. The number of piperidine rings is 1. The Kier molecular flexibility index (Phi) is 8.11. The lowest BCUT2D eigenvalue weighted by molar-refractivity contribution is 0.0581. The third kappa shape index (κ3) is 5.59. The molecule has 5 nitrogen and oxygen atoms in total. The molecule has 2 atom stereocenters. The van der Waals surface area contributed by atoms with Crippen LogP contribution >= 0.6 is 0 Å². The van der Waals surface area contributed by atoms with E-state index in [2.05, 4.69) is 11.0 Å². The molecule has 0 saturated carbocycles. The van der Waals surface area contributed by atoms with Crippen molar-refractivity contribution in [1.82, 2.24) is 4.90 Å². The van der Waals surface area contributed by atoms with E-state index in [1.54, 1.807) is 26.4 Å². The van der Waals surface area contributed by atoms with Crippen LogP contribution in [0.3, 0.4) is 0 Å². The Morgan fingerprint density at radius 2 is 1.78 bits per heavy atom. The van der Waals surface area contributed by atoms with Crippen molar-refractivity contribution >= 4 is 0 Å². The lowest BCUT2D eigenvalue weighted by atomic mass is 9.79. The zero-order valence-electron chi connectivity index (χ0n) is 19.2. The highest BCUT2D eigenvalue weighted by Gasteiger charge is 2.29. The maximum absolute atomic E-state index is 13.1. The number of rotatable bonds is 9. The van der Waals surface area contributed by atoms with Crippen LogP contribution in [0.5, 0.6) is 11.5 Å². The van der Waals surface area contributed by atoms with E-state index in [1.165, 1.54) is 12.1 Å². The lowest BCUT2D eigenvalue weighted by Crippen LogP contribution is -2.36. The zero-order valence-corrected chi connectivity index (χ0v) is 19.2. The summed E-state index contributed by atoms with van der Waals surface area (Å²) in [5.41, 5.74) is 1.11. The lowest BCUT2D eigenvalue weighted by Gasteiger charge is -2.35. The number of hydrogen-bond donors (Lipinski definition) is 1. The van der Waals surface area contributed by atoms with Gasteiger partial charge in [-0.25, -0.2) is 4.39 Å². The molecule has 1 aliphatic rings. The molecule has 2 unspecified atom stereocenters. The molecule has 1 fully saturated rings. The van der Waals surface area contributed by atoms with Crippen LogP contribution < -0.4 is 9.47 Å². The normalized spacial score (nSPS) is 17.9. The molecule has 172 valence electrons. The summed E-state index contributed by atoms with van der Waals surface area (Å²) in [6.45, 7) is 4.73. The van der Waals surface area contributed by atoms with Crippen LogP contribution in [-0.4, -0.2) is 43.9 Å². The highest BCUT2D eigenvalue weighted by Crippen LogP contribution is 2.36. The molecule has 0 radical (unpaired) electrons. The SMILES string of the molecule is COc1ccc(C(C)(C#N)CCCN2CCC(C(O)c3ccc(F)cc3)CC2)cc1OC. The van der Waals surface area contributed by atoms with Crippen LogP contribution in [0.15, 0.2) is 42.5 Å². The van der Waals surface area contributed by atoms with Gasteiger partial charge in [0.25, 0.3) is 0 Å². The summed E-state index contributed by atoms with van der Waals surface area (Å²) in [5.74, 6) is 1.19. The molecule has 3 rings (SSSR count). The average molecular weight is 441 g/mol. The third-order valence-corrected chi connectivity index (χ3v) is 6.71. The molecule has 1 N–H and O–H groups in total. The van der Waals surface area contributed by atoms with E-state index in [4.69, 9.17) is 9.47 Å². The molecule has 0 spiro atoms. The second-order valence-electron chi connectivity index (χ2n) is 8.79. The first-order valence-corrected chi connectivity index (χ1v) is 11.2. The van der Waals surface area contributed by atoms with E-state index >= 15 is 0 Å². The summed E-state index contributed by atoms with van der Waals surface area (Å²) in [5, 5.41) is 20.5. The molecule has 1 heterocycles. The molecule has 0 aromatic heterocycles. The number of nitriles is 1. The predicted molar refractivity (Wildman–Crippen MR) is 122 cm³/mol. The summed E-state index contributed by atoms with van der Waals surface area (Å²) in [4.78, 5) is 2.40. The van der Waals surface area contributed by atoms with E-state index < -0.39 is 11.5 Å². The zero-order chi connectivity index (χ0) is 23.1. The molecule has 0 aliphatic carbocycles. The van der Waals surface area contributed by atoms with Crippen molar-refractivity contribution in [1.29, 1.82) is 5.26 Å². The minimum absolute atomic E-state index is 0.188. The van der Waals surface area contributed by atoms with Gasteiger partial charge in [0.15, 0.2) is 11.5 Å². The van der Waals surface area contributed by atoms with E-state index in [0.717, 1.165) is 56.4 Å². The van der Waals surface area contributed by atoms with Crippen LogP contribution in [0.1, 0.15) is 49.8 Å². The fourth-order valence-electron chi connectivity index (χ4n) is 4.52. The standard InChI is InChI=1S/C26H33FN2O3/c1-26(18-28,21-7-10-23(31-2)24(17-21)32-3)13-4-14-29-15-11-20(12-16-29)25(30)19-5-8-22(27)9-6-19/h5-10,17,20,25,30H,4,11-16H2,1-3H3. The number of methoxy groups -OCH3 is 2. The fraction of sp³-hybridized carbons (Fsp3) is 0.500. The largest absolute Gasteiger partial charge is 0.493 e. The monoisotopic (exact) mass is 440 g/mol. The Bertz CT molecular complexity index is 920. The van der Waals surface area contributed by atoms with Gasteiger partial charge in [-0.05, 0) is 93.6 Å². The summed E-state index contributed by atoms with van der Waals surface area (Å²) in [6.07, 6.45) is 2.92. The van der Waals surface area contributed by atoms with Gasteiger partial charge >= 0.3 is 0 Å². The van der Waals surface area contributed by atoms with Crippen molar-refractivity contribution in [3.63, 3.8) is 0 Å². The second-order valence-corrected chi connectivity index (χ2v) is 8.79. The molecule has 2 aromatic carbocycles. The average Bonchev–Trinajstić information content (AvgIpc) is 2.84. The van der Waals surface area contributed by atoms with Crippen LogP contribution in [0, 0.1) is 23.1 Å². The van der Waals surface area contributed by atoms with Gasteiger partial charge in [-0.2, -0.15) is 5.26 Å². The first-order valence-electron chi connectivity index (χ1n) is 11.2. The van der Waals surface area contributed by atoms with E-state index in [1.807, 2.05) is 25.1 Å². The van der Waals surface area contributed by atoms with Crippen molar-refractivity contribution in [2.24, 2.45) is 5.92 Å². The summed E-state index contributed by atoms with van der Waals surface area (Å²) < 4.78 is 23.8. The van der Waals surface area contributed by atoms with Gasteiger partial charge in [-0.1, -0.05) is 18.2 Å². The van der Waals surface area contributed by atoms with Gasteiger partial charge < -0.3 is 19.5 Å². The van der Waals surface area contributed by atoms with Gasteiger partial charge in [0.05, 0.1) is 31.8 Å². The second kappa shape index (κ2) is 10.8. The molecular formula is C26H33FN2O3. The van der Waals surface area contributed by atoms with E-state index in [0.29, 0.717) is 11.5 Å². The molecule has 0 bridgehead atoms. The number of likely N-dealkylation sites (tertiary alicyclic amines) is 1. The van der Waals surface area contributed by atoms with Gasteiger partial charge in [-0.15, -0.1) is 0 Å². The third-order valence-electron chi connectivity index (χ3n) is 6.71. The Labute approximate surface area is 190 Å². The molecule has 0 amide bonds. The van der Waals surface area contributed by atoms with Crippen molar-refractivity contribution in [3.05, 3.63) is 59.4 Å². The predicted octanol–water partition coefficient (Wildman–Crippen LogP) is 4.85. The highest BCUT2D eigenvalue weighted by molar-refractivity contribution is 5.46. The van der Waals surface area contributed by atoms with Crippen LogP contribution in [0.4, 0.5) is 4.39 Å².